The first-order valence-corrected chi connectivity index (χ1v) is 9.34. The highest BCUT2D eigenvalue weighted by atomic mass is 32.2. The Morgan fingerprint density at radius 1 is 1.15 bits per heavy atom. The minimum Gasteiger partial charge on any atom is -0.277 e. The first-order valence-electron chi connectivity index (χ1n) is 7.86. The third kappa shape index (κ3) is 2.82. The standard InChI is InChI=1S/C17H16N6O2S/c1-11-8-16(21-20-11)14-7-6-13(10-18-14)26(24,25)22-15-5-3-4-12-9-19-23(2)17(12)15/h3-10,22H,1-2H3,(H,20,21). The molecule has 2 N–H and O–H groups in total. The molecule has 4 aromatic rings. The van der Waals surface area contributed by atoms with Gasteiger partial charge >= 0.3 is 0 Å². The maximum absolute atomic E-state index is 12.7. The van der Waals surface area contributed by atoms with Crippen LogP contribution in [-0.2, 0) is 17.1 Å². The fraction of sp³-hybridized carbons (Fsp3) is 0.118. The quantitative estimate of drug-likeness (QED) is 0.576. The highest BCUT2D eigenvalue weighted by Gasteiger charge is 2.17. The van der Waals surface area contributed by atoms with Crippen LogP contribution in [0.2, 0.25) is 0 Å². The number of aromatic amines is 1. The zero-order chi connectivity index (χ0) is 18.3. The number of hydrogen-bond acceptors (Lipinski definition) is 5. The van der Waals surface area contributed by atoms with Crippen molar-refractivity contribution in [3.63, 3.8) is 0 Å². The molecule has 0 fully saturated rings. The highest BCUT2D eigenvalue weighted by molar-refractivity contribution is 7.92. The Morgan fingerprint density at radius 2 is 2.00 bits per heavy atom. The second-order valence-corrected chi connectivity index (χ2v) is 7.60. The van der Waals surface area contributed by atoms with Crippen molar-refractivity contribution in [2.24, 2.45) is 7.05 Å². The summed E-state index contributed by atoms with van der Waals surface area (Å²) < 4.78 is 29.7. The Labute approximate surface area is 149 Å². The second-order valence-electron chi connectivity index (χ2n) is 5.92. The molecule has 9 heteroatoms. The normalized spacial score (nSPS) is 11.8. The van der Waals surface area contributed by atoms with E-state index in [1.54, 1.807) is 36.1 Å². The predicted octanol–water partition coefficient (Wildman–Crippen LogP) is 2.47. The molecule has 0 radical (unpaired) electrons. The number of H-pyrrole nitrogens is 1. The van der Waals surface area contributed by atoms with Crippen LogP contribution in [0.5, 0.6) is 0 Å². The van der Waals surface area contributed by atoms with Crippen LogP contribution in [0.3, 0.4) is 0 Å². The fourth-order valence-corrected chi connectivity index (χ4v) is 3.78. The van der Waals surface area contributed by atoms with E-state index >= 15 is 0 Å². The van der Waals surface area contributed by atoms with Crippen molar-refractivity contribution in [2.45, 2.75) is 11.8 Å². The molecule has 4 rings (SSSR count). The summed E-state index contributed by atoms with van der Waals surface area (Å²) in [5, 5.41) is 11.9. The molecule has 1 aromatic carbocycles. The van der Waals surface area contributed by atoms with Crippen molar-refractivity contribution in [3.05, 3.63) is 54.5 Å². The summed E-state index contributed by atoms with van der Waals surface area (Å²) in [5.74, 6) is 0. The minimum absolute atomic E-state index is 0.0802. The highest BCUT2D eigenvalue weighted by Crippen LogP contribution is 2.25. The van der Waals surface area contributed by atoms with E-state index in [0.717, 1.165) is 16.8 Å². The Balaban J connectivity index is 1.67. The summed E-state index contributed by atoms with van der Waals surface area (Å²) in [6.07, 6.45) is 3.02. The molecular weight excluding hydrogens is 352 g/mol. The Morgan fingerprint density at radius 3 is 2.69 bits per heavy atom. The van der Waals surface area contributed by atoms with Crippen LogP contribution in [0.4, 0.5) is 5.69 Å². The molecule has 0 bridgehead atoms. The van der Waals surface area contributed by atoms with Gasteiger partial charge in [-0.3, -0.25) is 19.5 Å². The van der Waals surface area contributed by atoms with Gasteiger partial charge in [-0.15, -0.1) is 0 Å². The largest absolute Gasteiger partial charge is 0.277 e. The summed E-state index contributed by atoms with van der Waals surface area (Å²) in [6, 6.07) is 10.4. The average Bonchev–Trinajstić information content (AvgIpc) is 3.22. The van der Waals surface area contributed by atoms with Gasteiger partial charge in [-0.2, -0.15) is 10.2 Å². The lowest BCUT2D eigenvalue weighted by molar-refractivity contribution is 0.601. The molecule has 0 aliphatic carbocycles. The van der Waals surface area contributed by atoms with Gasteiger partial charge in [-0.1, -0.05) is 12.1 Å². The molecule has 0 aliphatic heterocycles. The molecule has 26 heavy (non-hydrogen) atoms. The number of pyridine rings is 1. The van der Waals surface area contributed by atoms with Gasteiger partial charge in [0.25, 0.3) is 10.0 Å². The number of aromatic nitrogens is 5. The maximum atomic E-state index is 12.7. The van der Waals surface area contributed by atoms with Gasteiger partial charge in [0.2, 0.25) is 0 Å². The van der Waals surface area contributed by atoms with Gasteiger partial charge in [-0.05, 0) is 31.2 Å². The number of nitrogens with one attached hydrogen (secondary N) is 2. The van der Waals surface area contributed by atoms with Gasteiger partial charge in [0, 0.05) is 18.6 Å². The third-order valence-corrected chi connectivity index (χ3v) is 5.38. The molecule has 0 unspecified atom stereocenters. The van der Waals surface area contributed by atoms with E-state index in [4.69, 9.17) is 0 Å². The van der Waals surface area contributed by atoms with Crippen LogP contribution < -0.4 is 4.72 Å². The SMILES string of the molecule is Cc1cc(-c2ccc(S(=O)(=O)Nc3cccc4cnn(C)c34)cn2)[nH]n1. The summed E-state index contributed by atoms with van der Waals surface area (Å²) in [4.78, 5) is 4.31. The maximum Gasteiger partial charge on any atom is 0.263 e. The summed E-state index contributed by atoms with van der Waals surface area (Å²) in [7, 11) is -2.01. The molecule has 0 spiro atoms. The molecule has 0 saturated heterocycles. The summed E-state index contributed by atoms with van der Waals surface area (Å²) in [6.45, 7) is 1.86. The number of hydrogen-bond donors (Lipinski definition) is 2. The first-order chi connectivity index (χ1) is 12.4. The topological polar surface area (TPSA) is 106 Å². The Bertz CT molecular complexity index is 1190. The van der Waals surface area contributed by atoms with Crippen LogP contribution in [0, 0.1) is 6.92 Å². The number of anilines is 1. The van der Waals surface area contributed by atoms with Crippen LogP contribution in [-0.4, -0.2) is 33.4 Å². The first kappa shape index (κ1) is 16.3. The van der Waals surface area contributed by atoms with Crippen molar-refractivity contribution in [3.8, 4) is 11.4 Å². The molecule has 8 nitrogen and oxygen atoms in total. The van der Waals surface area contributed by atoms with Crippen molar-refractivity contribution >= 4 is 26.6 Å². The van der Waals surface area contributed by atoms with E-state index < -0.39 is 10.0 Å². The number of aryl methyl sites for hydroxylation is 2. The predicted molar refractivity (Wildman–Crippen MR) is 98.1 cm³/mol. The van der Waals surface area contributed by atoms with Crippen LogP contribution in [0.15, 0.2) is 53.7 Å². The molecule has 3 heterocycles. The van der Waals surface area contributed by atoms with Crippen LogP contribution >= 0.6 is 0 Å². The van der Waals surface area contributed by atoms with Gasteiger partial charge < -0.3 is 0 Å². The van der Waals surface area contributed by atoms with Crippen molar-refractivity contribution in [1.29, 1.82) is 0 Å². The van der Waals surface area contributed by atoms with E-state index in [-0.39, 0.29) is 4.90 Å². The zero-order valence-corrected chi connectivity index (χ0v) is 14.9. The smallest absolute Gasteiger partial charge is 0.263 e. The Hall–Kier alpha value is -3.20. The third-order valence-electron chi connectivity index (χ3n) is 4.03. The Kier molecular flexibility index (Phi) is 3.73. The average molecular weight is 368 g/mol. The van der Waals surface area contributed by atoms with E-state index in [2.05, 4.69) is 25.0 Å². The lowest BCUT2D eigenvalue weighted by atomic mass is 10.2. The number of nitrogens with zero attached hydrogens (tertiary/aromatic N) is 4. The van der Waals surface area contributed by atoms with Crippen LogP contribution in [0.1, 0.15) is 5.69 Å². The number of fused-ring (bicyclic) bond motifs is 1. The number of benzene rings is 1. The van der Waals surface area contributed by atoms with Gasteiger partial charge in [-0.25, -0.2) is 8.42 Å². The number of para-hydroxylation sites is 1. The van der Waals surface area contributed by atoms with Crippen molar-refractivity contribution in [1.82, 2.24) is 25.0 Å². The van der Waals surface area contributed by atoms with E-state index in [1.807, 2.05) is 19.1 Å². The van der Waals surface area contributed by atoms with E-state index in [1.165, 1.54) is 12.3 Å². The summed E-state index contributed by atoms with van der Waals surface area (Å²) >= 11 is 0. The van der Waals surface area contributed by atoms with Gasteiger partial charge in [0.1, 0.15) is 4.90 Å². The van der Waals surface area contributed by atoms with Crippen LogP contribution in [0.25, 0.3) is 22.3 Å². The van der Waals surface area contributed by atoms with E-state index in [9.17, 15) is 8.42 Å². The lowest BCUT2D eigenvalue weighted by Crippen LogP contribution is -2.14. The van der Waals surface area contributed by atoms with Crippen molar-refractivity contribution in [2.75, 3.05) is 4.72 Å². The molecule has 0 atom stereocenters. The minimum atomic E-state index is -3.77. The fourth-order valence-electron chi connectivity index (χ4n) is 2.77. The second kappa shape index (κ2) is 5.95. The lowest BCUT2D eigenvalue weighted by Gasteiger charge is -2.10. The number of rotatable bonds is 4. The monoisotopic (exact) mass is 368 g/mol. The molecule has 0 amide bonds. The molecule has 3 aromatic heterocycles. The van der Waals surface area contributed by atoms with Gasteiger partial charge in [0.15, 0.2) is 0 Å². The number of sulfonamides is 1. The molecule has 0 aliphatic rings. The molecule has 0 saturated carbocycles. The molecular formula is C17H16N6O2S. The summed E-state index contributed by atoms with van der Waals surface area (Å²) in [5.41, 5.74) is 3.38. The molecule has 132 valence electrons. The van der Waals surface area contributed by atoms with Gasteiger partial charge in [0.05, 0.1) is 34.5 Å². The van der Waals surface area contributed by atoms with E-state index in [0.29, 0.717) is 16.9 Å². The van der Waals surface area contributed by atoms with Crippen molar-refractivity contribution < 1.29 is 8.42 Å². The zero-order valence-electron chi connectivity index (χ0n) is 14.1.